The molecule has 4 nitrogen and oxygen atoms in total. The number of carbonyl (C=O) groups excluding carboxylic acids is 1. The normalized spacial score (nSPS) is 17.4. The minimum absolute atomic E-state index is 0.0116. The standard InChI is InChI=1S/C22H34O4/c1-4-5-14-22(2,3)15-10-12-18-17(19(23)16-20(18)24)11-8-6-7-9-13-21(25)26/h20,24H,4-9,11,13-16H2,1-3H3,(H,25,26). The van der Waals surface area contributed by atoms with Crippen LogP contribution < -0.4 is 0 Å². The number of allylic oxidation sites excluding steroid dienone is 1. The molecule has 26 heavy (non-hydrogen) atoms. The van der Waals surface area contributed by atoms with Gasteiger partial charge in [0.05, 0.1) is 6.10 Å². The van der Waals surface area contributed by atoms with E-state index in [0.29, 0.717) is 24.0 Å². The van der Waals surface area contributed by atoms with Crippen LogP contribution in [-0.4, -0.2) is 28.1 Å². The van der Waals surface area contributed by atoms with Crippen molar-refractivity contribution in [3.8, 4) is 11.8 Å². The SMILES string of the molecule is CCCCC(C)(C)CC#CC1=C(CCCCCCC(=O)O)C(=O)CC1O. The van der Waals surface area contributed by atoms with Crippen molar-refractivity contribution in [2.24, 2.45) is 5.41 Å². The number of aliphatic hydroxyl groups excluding tert-OH is 1. The Morgan fingerprint density at radius 3 is 2.54 bits per heavy atom. The summed E-state index contributed by atoms with van der Waals surface area (Å²) in [5.74, 6) is 5.54. The first-order valence-corrected chi connectivity index (χ1v) is 9.92. The van der Waals surface area contributed by atoms with Crippen molar-refractivity contribution in [2.75, 3.05) is 0 Å². The summed E-state index contributed by atoms with van der Waals surface area (Å²) in [7, 11) is 0. The maximum Gasteiger partial charge on any atom is 0.303 e. The van der Waals surface area contributed by atoms with Crippen LogP contribution in [0.1, 0.15) is 91.4 Å². The molecule has 1 rings (SSSR count). The van der Waals surface area contributed by atoms with E-state index in [1.807, 2.05) is 0 Å². The van der Waals surface area contributed by atoms with Gasteiger partial charge in [-0.15, -0.1) is 0 Å². The van der Waals surface area contributed by atoms with E-state index in [-0.39, 0.29) is 24.0 Å². The summed E-state index contributed by atoms with van der Waals surface area (Å²) in [5, 5.41) is 18.8. The molecule has 1 atom stereocenters. The highest BCUT2D eigenvalue weighted by atomic mass is 16.4. The van der Waals surface area contributed by atoms with E-state index < -0.39 is 12.1 Å². The zero-order valence-electron chi connectivity index (χ0n) is 16.6. The fraction of sp³-hybridized carbons (Fsp3) is 0.727. The first-order valence-electron chi connectivity index (χ1n) is 9.92. The molecule has 0 aromatic rings. The summed E-state index contributed by atoms with van der Waals surface area (Å²) in [6.07, 6.45) is 7.73. The van der Waals surface area contributed by atoms with E-state index >= 15 is 0 Å². The monoisotopic (exact) mass is 362 g/mol. The Bertz CT molecular complexity index is 575. The molecule has 1 aliphatic carbocycles. The van der Waals surface area contributed by atoms with Crippen LogP contribution in [0.2, 0.25) is 0 Å². The zero-order valence-corrected chi connectivity index (χ0v) is 16.6. The first-order chi connectivity index (χ1) is 12.3. The molecule has 1 unspecified atom stereocenters. The lowest BCUT2D eigenvalue weighted by Gasteiger charge is -2.21. The number of carboxylic acids is 1. The van der Waals surface area contributed by atoms with E-state index in [1.54, 1.807) is 0 Å². The summed E-state index contributed by atoms with van der Waals surface area (Å²) >= 11 is 0. The van der Waals surface area contributed by atoms with Crippen LogP contribution in [-0.2, 0) is 9.59 Å². The second kappa shape index (κ2) is 11.2. The third-order valence-corrected chi connectivity index (χ3v) is 4.94. The molecule has 0 amide bonds. The van der Waals surface area contributed by atoms with Crippen LogP contribution >= 0.6 is 0 Å². The number of unbranched alkanes of at least 4 members (excludes halogenated alkanes) is 4. The fourth-order valence-corrected chi connectivity index (χ4v) is 3.24. The topological polar surface area (TPSA) is 74.6 Å². The molecule has 0 aromatic heterocycles. The van der Waals surface area contributed by atoms with Crippen LogP contribution in [0.5, 0.6) is 0 Å². The average molecular weight is 363 g/mol. The number of rotatable bonds is 11. The second-order valence-corrected chi connectivity index (χ2v) is 8.09. The Labute approximate surface area is 158 Å². The van der Waals surface area contributed by atoms with Crippen molar-refractivity contribution in [2.45, 2.75) is 97.5 Å². The Morgan fingerprint density at radius 1 is 1.19 bits per heavy atom. The highest BCUT2D eigenvalue weighted by Crippen LogP contribution is 2.29. The van der Waals surface area contributed by atoms with Gasteiger partial charge in [-0.05, 0) is 31.1 Å². The molecule has 1 aliphatic rings. The summed E-state index contributed by atoms with van der Waals surface area (Å²) in [5.41, 5.74) is 1.46. The largest absolute Gasteiger partial charge is 0.481 e. The summed E-state index contributed by atoms with van der Waals surface area (Å²) < 4.78 is 0. The number of ketones is 1. The van der Waals surface area contributed by atoms with E-state index in [2.05, 4.69) is 32.6 Å². The number of Topliss-reactive ketones (excluding diaryl/α,β-unsaturated/α-hetero) is 1. The van der Waals surface area contributed by atoms with Gasteiger partial charge in [-0.25, -0.2) is 0 Å². The molecule has 0 aliphatic heterocycles. The number of hydrogen-bond acceptors (Lipinski definition) is 3. The first kappa shape index (κ1) is 22.4. The number of carboxylic acid groups (broad SMARTS) is 1. The lowest BCUT2D eigenvalue weighted by atomic mass is 9.84. The van der Waals surface area contributed by atoms with Crippen LogP contribution in [0.4, 0.5) is 0 Å². The molecule has 0 fully saturated rings. The summed E-state index contributed by atoms with van der Waals surface area (Å²) in [4.78, 5) is 22.6. The molecule has 0 saturated heterocycles. The smallest absolute Gasteiger partial charge is 0.303 e. The molecule has 146 valence electrons. The number of hydrogen-bond donors (Lipinski definition) is 2. The molecule has 0 bridgehead atoms. The third kappa shape index (κ3) is 8.19. The second-order valence-electron chi connectivity index (χ2n) is 8.09. The third-order valence-electron chi connectivity index (χ3n) is 4.94. The van der Waals surface area contributed by atoms with E-state index in [9.17, 15) is 14.7 Å². The average Bonchev–Trinajstić information content (AvgIpc) is 2.82. The lowest BCUT2D eigenvalue weighted by molar-refractivity contribution is -0.137. The predicted octanol–water partition coefficient (Wildman–Crippen LogP) is 4.65. The molecule has 2 N–H and O–H groups in total. The van der Waals surface area contributed by atoms with Crippen LogP contribution in [0.3, 0.4) is 0 Å². The van der Waals surface area contributed by atoms with Crippen molar-refractivity contribution in [3.63, 3.8) is 0 Å². The van der Waals surface area contributed by atoms with Crippen molar-refractivity contribution in [1.82, 2.24) is 0 Å². The Morgan fingerprint density at radius 2 is 1.88 bits per heavy atom. The predicted molar refractivity (Wildman–Crippen MR) is 104 cm³/mol. The van der Waals surface area contributed by atoms with Gasteiger partial charge in [0.2, 0.25) is 0 Å². The molecule has 0 heterocycles. The molecular weight excluding hydrogens is 328 g/mol. The fourth-order valence-electron chi connectivity index (χ4n) is 3.24. The number of carbonyl (C=O) groups is 2. The quantitative estimate of drug-likeness (QED) is 0.414. The van der Waals surface area contributed by atoms with E-state index in [4.69, 9.17) is 5.11 Å². The van der Waals surface area contributed by atoms with Crippen LogP contribution in [0.25, 0.3) is 0 Å². The molecular formula is C22H34O4. The molecule has 0 aromatic carbocycles. The Balaban J connectivity index is 2.59. The lowest BCUT2D eigenvalue weighted by Crippen LogP contribution is -2.10. The zero-order chi connectivity index (χ0) is 19.6. The minimum atomic E-state index is -0.763. The maximum absolute atomic E-state index is 12.1. The van der Waals surface area contributed by atoms with Gasteiger partial charge in [0.1, 0.15) is 0 Å². The highest BCUT2D eigenvalue weighted by molar-refractivity contribution is 6.00. The molecule has 0 saturated carbocycles. The van der Waals surface area contributed by atoms with Crippen molar-refractivity contribution < 1.29 is 19.8 Å². The van der Waals surface area contributed by atoms with Gasteiger partial charge in [-0.2, -0.15) is 0 Å². The van der Waals surface area contributed by atoms with Gasteiger partial charge in [0.25, 0.3) is 0 Å². The van der Waals surface area contributed by atoms with Gasteiger partial charge in [-0.1, -0.05) is 58.3 Å². The maximum atomic E-state index is 12.1. The van der Waals surface area contributed by atoms with Gasteiger partial charge in [-0.3, -0.25) is 9.59 Å². The van der Waals surface area contributed by atoms with Crippen LogP contribution in [0.15, 0.2) is 11.1 Å². The van der Waals surface area contributed by atoms with Crippen molar-refractivity contribution >= 4 is 11.8 Å². The number of aliphatic hydroxyl groups is 1. The highest BCUT2D eigenvalue weighted by Gasteiger charge is 2.29. The minimum Gasteiger partial charge on any atom is -0.481 e. The molecule has 0 radical (unpaired) electrons. The Kier molecular flexibility index (Phi) is 9.65. The van der Waals surface area contributed by atoms with Crippen molar-refractivity contribution in [1.29, 1.82) is 0 Å². The summed E-state index contributed by atoms with van der Waals surface area (Å²) in [6.45, 7) is 6.60. The van der Waals surface area contributed by atoms with E-state index in [1.165, 1.54) is 12.8 Å². The van der Waals surface area contributed by atoms with E-state index in [0.717, 1.165) is 32.1 Å². The van der Waals surface area contributed by atoms with Crippen molar-refractivity contribution in [3.05, 3.63) is 11.1 Å². The Hall–Kier alpha value is -1.60. The van der Waals surface area contributed by atoms with Gasteiger partial charge in [0, 0.05) is 30.4 Å². The molecule has 0 spiro atoms. The van der Waals surface area contributed by atoms with Crippen LogP contribution in [0, 0.1) is 17.3 Å². The molecule has 4 heteroatoms. The van der Waals surface area contributed by atoms with Gasteiger partial charge < -0.3 is 10.2 Å². The van der Waals surface area contributed by atoms with Gasteiger partial charge in [0.15, 0.2) is 5.78 Å². The summed E-state index contributed by atoms with van der Waals surface area (Å²) in [6, 6.07) is 0. The van der Waals surface area contributed by atoms with Gasteiger partial charge >= 0.3 is 5.97 Å². The number of aliphatic carboxylic acids is 1.